The van der Waals surface area contributed by atoms with Gasteiger partial charge in [-0.3, -0.25) is 4.79 Å². The Labute approximate surface area is 171 Å². The summed E-state index contributed by atoms with van der Waals surface area (Å²) in [7, 11) is 2.08. The zero-order valence-electron chi connectivity index (χ0n) is 15.4. The number of pyridine rings is 1. The van der Waals surface area contributed by atoms with Crippen LogP contribution in [0, 0.1) is 0 Å². The van der Waals surface area contributed by atoms with Crippen molar-refractivity contribution >= 4 is 44.4 Å². The molecule has 0 atom stereocenters. The summed E-state index contributed by atoms with van der Waals surface area (Å²) < 4.78 is 0. The van der Waals surface area contributed by atoms with Crippen LogP contribution < -0.4 is 5.73 Å². The first-order valence-corrected chi connectivity index (χ1v) is 10.9. The fourth-order valence-electron chi connectivity index (χ4n) is 3.84. The first-order valence-electron chi connectivity index (χ1n) is 9.19. The summed E-state index contributed by atoms with van der Waals surface area (Å²) in [6, 6.07) is 13.6. The number of hydrogen-bond acceptors (Lipinski definition) is 6. The van der Waals surface area contributed by atoms with Crippen molar-refractivity contribution < 1.29 is 4.79 Å². The second-order valence-corrected chi connectivity index (χ2v) is 9.04. The average Bonchev–Trinajstić information content (AvgIpc) is 3.35. The van der Waals surface area contributed by atoms with Gasteiger partial charge in [0.05, 0.1) is 10.6 Å². The number of anilines is 1. The number of benzene rings is 1. The van der Waals surface area contributed by atoms with E-state index in [4.69, 9.17) is 10.7 Å². The Bertz CT molecular complexity index is 1180. The molecule has 5 rings (SSSR count). The van der Waals surface area contributed by atoms with Gasteiger partial charge in [-0.1, -0.05) is 36.4 Å². The maximum Gasteiger partial charge on any atom is 0.194 e. The molecule has 0 saturated carbocycles. The smallest absolute Gasteiger partial charge is 0.194 e. The Balaban J connectivity index is 1.82. The molecular formula is C22H19N3OS2. The Hall–Kier alpha value is -2.54. The summed E-state index contributed by atoms with van der Waals surface area (Å²) in [5, 5.41) is 2.86. The van der Waals surface area contributed by atoms with Gasteiger partial charge in [0.2, 0.25) is 0 Å². The molecule has 0 unspecified atom stereocenters. The van der Waals surface area contributed by atoms with Crippen molar-refractivity contribution in [2.45, 2.75) is 13.0 Å². The molecule has 4 aromatic rings. The van der Waals surface area contributed by atoms with Gasteiger partial charge >= 0.3 is 0 Å². The molecule has 140 valence electrons. The minimum absolute atomic E-state index is 0.0294. The largest absolute Gasteiger partial charge is 0.397 e. The number of carbonyl (C=O) groups excluding carboxylic acids is 1. The predicted octanol–water partition coefficient (Wildman–Crippen LogP) is 4.83. The van der Waals surface area contributed by atoms with E-state index in [1.54, 1.807) is 22.7 Å². The Morgan fingerprint density at radius 3 is 2.75 bits per heavy atom. The minimum atomic E-state index is 0.0294. The van der Waals surface area contributed by atoms with E-state index in [0.29, 0.717) is 11.3 Å². The lowest BCUT2D eigenvalue weighted by Gasteiger charge is -2.26. The van der Waals surface area contributed by atoms with E-state index in [1.807, 2.05) is 41.8 Å². The van der Waals surface area contributed by atoms with Gasteiger partial charge in [-0.2, -0.15) is 0 Å². The van der Waals surface area contributed by atoms with E-state index in [1.165, 1.54) is 0 Å². The van der Waals surface area contributed by atoms with Gasteiger partial charge in [0, 0.05) is 46.6 Å². The maximum absolute atomic E-state index is 13.6. The molecule has 6 heteroatoms. The van der Waals surface area contributed by atoms with Crippen LogP contribution in [0.5, 0.6) is 0 Å². The SMILES string of the molecule is CN1CCc2nc3sc(-c4cccs4)c(N)c3c(C(=O)c3ccccc3)c2C1. The molecule has 1 aliphatic rings. The van der Waals surface area contributed by atoms with E-state index in [-0.39, 0.29) is 5.78 Å². The van der Waals surface area contributed by atoms with Crippen LogP contribution in [0.2, 0.25) is 0 Å². The molecule has 0 radical (unpaired) electrons. The summed E-state index contributed by atoms with van der Waals surface area (Å²) >= 11 is 3.25. The molecule has 1 aliphatic heterocycles. The summed E-state index contributed by atoms with van der Waals surface area (Å²) in [4.78, 5) is 23.8. The maximum atomic E-state index is 13.6. The molecule has 0 fully saturated rings. The summed E-state index contributed by atoms with van der Waals surface area (Å²) in [5.74, 6) is 0.0294. The number of hydrogen-bond donors (Lipinski definition) is 1. The van der Waals surface area contributed by atoms with Crippen LogP contribution in [0.3, 0.4) is 0 Å². The molecule has 4 heterocycles. The molecule has 0 bridgehead atoms. The lowest BCUT2D eigenvalue weighted by molar-refractivity contribution is 0.103. The highest BCUT2D eigenvalue weighted by molar-refractivity contribution is 7.26. The van der Waals surface area contributed by atoms with E-state index in [2.05, 4.69) is 18.0 Å². The Morgan fingerprint density at radius 2 is 2.00 bits per heavy atom. The third-order valence-electron chi connectivity index (χ3n) is 5.23. The van der Waals surface area contributed by atoms with Gasteiger partial charge in [0.25, 0.3) is 0 Å². The number of nitrogens with zero attached hydrogens (tertiary/aromatic N) is 2. The fourth-order valence-corrected chi connectivity index (χ4v) is 5.83. The number of nitrogen functional groups attached to an aromatic ring is 1. The third kappa shape index (κ3) is 2.76. The molecule has 1 aromatic carbocycles. The van der Waals surface area contributed by atoms with Gasteiger partial charge in [-0.05, 0) is 24.1 Å². The molecule has 0 amide bonds. The van der Waals surface area contributed by atoms with Crippen molar-refractivity contribution in [2.75, 3.05) is 19.3 Å². The van der Waals surface area contributed by atoms with Crippen molar-refractivity contribution in [3.8, 4) is 9.75 Å². The molecule has 3 aromatic heterocycles. The topological polar surface area (TPSA) is 59.2 Å². The fraction of sp³-hybridized carbons (Fsp3) is 0.182. The van der Waals surface area contributed by atoms with E-state index >= 15 is 0 Å². The van der Waals surface area contributed by atoms with Crippen LogP contribution in [0.1, 0.15) is 27.2 Å². The van der Waals surface area contributed by atoms with Gasteiger partial charge in [-0.25, -0.2) is 4.98 Å². The molecular weight excluding hydrogens is 386 g/mol. The minimum Gasteiger partial charge on any atom is -0.397 e. The van der Waals surface area contributed by atoms with Crippen molar-refractivity contribution in [1.82, 2.24) is 9.88 Å². The monoisotopic (exact) mass is 405 g/mol. The van der Waals surface area contributed by atoms with Crippen molar-refractivity contribution in [3.05, 3.63) is 70.2 Å². The number of likely N-dealkylation sites (N-methyl/N-ethyl adjacent to an activating group) is 1. The van der Waals surface area contributed by atoms with Gasteiger partial charge in [-0.15, -0.1) is 22.7 Å². The molecule has 0 aliphatic carbocycles. The van der Waals surface area contributed by atoms with Crippen LogP contribution in [0.4, 0.5) is 5.69 Å². The second kappa shape index (κ2) is 6.81. The quantitative estimate of drug-likeness (QED) is 0.496. The lowest BCUT2D eigenvalue weighted by Crippen LogP contribution is -2.29. The number of carbonyl (C=O) groups is 1. The highest BCUT2D eigenvalue weighted by Gasteiger charge is 2.28. The number of rotatable bonds is 3. The van der Waals surface area contributed by atoms with E-state index < -0.39 is 0 Å². The average molecular weight is 406 g/mol. The number of fused-ring (bicyclic) bond motifs is 2. The van der Waals surface area contributed by atoms with Crippen LogP contribution in [0.25, 0.3) is 20.0 Å². The molecule has 28 heavy (non-hydrogen) atoms. The predicted molar refractivity (Wildman–Crippen MR) is 117 cm³/mol. The highest BCUT2D eigenvalue weighted by atomic mass is 32.1. The van der Waals surface area contributed by atoms with Gasteiger partial charge < -0.3 is 10.6 Å². The van der Waals surface area contributed by atoms with Gasteiger partial charge in [0.1, 0.15) is 4.83 Å². The second-order valence-electron chi connectivity index (χ2n) is 7.10. The van der Waals surface area contributed by atoms with Crippen LogP contribution in [-0.4, -0.2) is 29.3 Å². The Morgan fingerprint density at radius 1 is 1.18 bits per heavy atom. The van der Waals surface area contributed by atoms with Gasteiger partial charge in [0.15, 0.2) is 5.78 Å². The number of thiophene rings is 2. The lowest BCUT2D eigenvalue weighted by atomic mass is 9.91. The number of nitrogens with two attached hydrogens (primary N) is 1. The van der Waals surface area contributed by atoms with Crippen LogP contribution in [-0.2, 0) is 13.0 Å². The van der Waals surface area contributed by atoms with Crippen molar-refractivity contribution in [3.63, 3.8) is 0 Å². The van der Waals surface area contributed by atoms with E-state index in [9.17, 15) is 4.79 Å². The number of aromatic nitrogens is 1. The molecule has 4 nitrogen and oxygen atoms in total. The zero-order valence-corrected chi connectivity index (χ0v) is 17.1. The number of ketones is 1. The first-order chi connectivity index (χ1) is 13.6. The zero-order chi connectivity index (χ0) is 19.3. The summed E-state index contributed by atoms with van der Waals surface area (Å²) in [6.45, 7) is 1.67. The molecule has 0 spiro atoms. The van der Waals surface area contributed by atoms with Crippen molar-refractivity contribution in [1.29, 1.82) is 0 Å². The standard InChI is InChI=1S/C22H19N3OS2/c1-25-10-9-15-14(12-25)17(20(26)13-6-3-2-4-7-13)18-19(23)21(28-22(18)24-15)16-8-5-11-27-16/h2-8,11H,9-10,12,23H2,1H3. The Kier molecular flexibility index (Phi) is 4.27. The first kappa shape index (κ1) is 17.6. The molecule has 0 saturated heterocycles. The summed E-state index contributed by atoms with van der Waals surface area (Å²) in [6.07, 6.45) is 0.850. The van der Waals surface area contributed by atoms with Crippen LogP contribution >= 0.6 is 22.7 Å². The summed E-state index contributed by atoms with van der Waals surface area (Å²) in [5.41, 5.74) is 10.8. The normalized spacial score (nSPS) is 14.3. The highest BCUT2D eigenvalue weighted by Crippen LogP contribution is 2.45. The molecule has 2 N–H and O–H groups in total. The van der Waals surface area contributed by atoms with E-state index in [0.717, 1.165) is 56.3 Å². The van der Waals surface area contributed by atoms with Crippen molar-refractivity contribution in [2.24, 2.45) is 0 Å². The van der Waals surface area contributed by atoms with Crippen LogP contribution in [0.15, 0.2) is 47.8 Å². The third-order valence-corrected chi connectivity index (χ3v) is 7.38.